The third-order valence-corrected chi connectivity index (χ3v) is 6.37. The maximum absolute atomic E-state index is 3.90. The van der Waals surface area contributed by atoms with Gasteiger partial charge in [-0.2, -0.15) is 0 Å². The van der Waals surface area contributed by atoms with E-state index in [0.29, 0.717) is 5.41 Å². The Morgan fingerprint density at radius 3 is 2.74 bits per heavy atom. The molecule has 128 valence electrons. The second-order valence-corrected chi connectivity index (χ2v) is 7.35. The highest BCUT2D eigenvalue weighted by Crippen LogP contribution is 2.48. The second kappa shape index (κ2) is 8.57. The van der Waals surface area contributed by atoms with Crippen LogP contribution < -0.4 is 0 Å². The van der Waals surface area contributed by atoms with Gasteiger partial charge >= 0.3 is 0 Å². The number of aryl methyl sites for hydroxylation is 1. The predicted molar refractivity (Wildman–Crippen MR) is 103 cm³/mol. The van der Waals surface area contributed by atoms with Crippen molar-refractivity contribution in [2.45, 2.75) is 78.6 Å². The molecule has 1 nitrogen and oxygen atoms in total. The summed E-state index contributed by atoms with van der Waals surface area (Å²) in [5.74, 6) is 0.934. The average molecular weight is 314 g/mol. The highest BCUT2D eigenvalue weighted by atomic mass is 14.7. The molecule has 1 heterocycles. The standard InChI is InChI=1S/C22H35N/c1-5-11-19(21-15-17-23-18(21)4)12-10-14-20-13-8-9-16-22(20,6-2)7-3/h5,11,15,17,20,23H,1,6-10,12-14,16H2,2-4H3/b19-11-. The largest absolute Gasteiger partial charge is 0.365 e. The van der Waals surface area contributed by atoms with Gasteiger partial charge in [0.2, 0.25) is 0 Å². The molecular weight excluding hydrogens is 278 g/mol. The normalized spacial score (nSPS) is 21.3. The lowest BCUT2D eigenvalue weighted by Crippen LogP contribution is -2.32. The summed E-state index contributed by atoms with van der Waals surface area (Å²) in [7, 11) is 0. The Hall–Kier alpha value is -1.24. The molecule has 0 aromatic carbocycles. The van der Waals surface area contributed by atoms with Crippen molar-refractivity contribution >= 4 is 5.57 Å². The van der Waals surface area contributed by atoms with Crippen LogP contribution >= 0.6 is 0 Å². The van der Waals surface area contributed by atoms with E-state index in [1.54, 1.807) is 0 Å². The Labute approximate surface area is 143 Å². The van der Waals surface area contributed by atoms with Gasteiger partial charge in [0.15, 0.2) is 0 Å². The van der Waals surface area contributed by atoms with Gasteiger partial charge in [0.1, 0.15) is 0 Å². The fraction of sp³-hybridized carbons (Fsp3) is 0.636. The number of nitrogens with one attached hydrogen (secondary N) is 1. The maximum Gasteiger partial charge on any atom is 0.0191 e. The zero-order chi connectivity index (χ0) is 16.7. The summed E-state index contributed by atoms with van der Waals surface area (Å²) in [6, 6.07) is 2.20. The van der Waals surface area contributed by atoms with Crippen LogP contribution in [0.5, 0.6) is 0 Å². The van der Waals surface area contributed by atoms with Gasteiger partial charge in [-0.25, -0.2) is 0 Å². The van der Waals surface area contributed by atoms with Gasteiger partial charge in [0, 0.05) is 11.9 Å². The number of hydrogen-bond acceptors (Lipinski definition) is 0. The quantitative estimate of drug-likeness (QED) is 0.494. The number of rotatable bonds is 8. The van der Waals surface area contributed by atoms with Crippen molar-refractivity contribution < 1.29 is 0 Å². The smallest absolute Gasteiger partial charge is 0.0191 e. The van der Waals surface area contributed by atoms with E-state index in [9.17, 15) is 0 Å². The first-order valence-corrected chi connectivity index (χ1v) is 9.62. The first kappa shape index (κ1) is 18.1. The molecule has 0 saturated heterocycles. The molecule has 1 N–H and O–H groups in total. The van der Waals surface area contributed by atoms with Crippen LogP contribution in [0.2, 0.25) is 0 Å². The lowest BCUT2D eigenvalue weighted by atomic mass is 9.62. The number of aromatic amines is 1. The summed E-state index contributed by atoms with van der Waals surface area (Å²) in [5.41, 5.74) is 4.70. The van der Waals surface area contributed by atoms with E-state index in [1.807, 2.05) is 12.3 Å². The van der Waals surface area contributed by atoms with Crippen molar-refractivity contribution in [1.82, 2.24) is 4.98 Å². The highest BCUT2D eigenvalue weighted by Gasteiger charge is 2.36. The average Bonchev–Trinajstić information content (AvgIpc) is 3.00. The molecule has 1 aromatic heterocycles. The summed E-state index contributed by atoms with van der Waals surface area (Å²) in [4.78, 5) is 3.30. The minimum Gasteiger partial charge on any atom is -0.365 e. The third-order valence-electron chi connectivity index (χ3n) is 6.37. The zero-order valence-corrected chi connectivity index (χ0v) is 15.5. The molecule has 1 aliphatic carbocycles. The molecule has 0 aliphatic heterocycles. The lowest BCUT2D eigenvalue weighted by Gasteiger charge is -2.44. The van der Waals surface area contributed by atoms with Crippen molar-refractivity contribution in [3.05, 3.63) is 42.3 Å². The van der Waals surface area contributed by atoms with E-state index in [2.05, 4.69) is 44.5 Å². The zero-order valence-electron chi connectivity index (χ0n) is 15.5. The molecule has 0 spiro atoms. The first-order chi connectivity index (χ1) is 11.2. The van der Waals surface area contributed by atoms with Crippen LogP contribution in [0.1, 0.15) is 82.9 Å². The minimum atomic E-state index is 0.630. The van der Waals surface area contributed by atoms with Crippen LogP contribution in [0, 0.1) is 18.3 Å². The van der Waals surface area contributed by atoms with Crippen molar-refractivity contribution in [2.24, 2.45) is 11.3 Å². The molecule has 1 heteroatoms. The highest BCUT2D eigenvalue weighted by molar-refractivity contribution is 5.68. The van der Waals surface area contributed by atoms with Crippen molar-refractivity contribution in [1.29, 1.82) is 0 Å². The van der Waals surface area contributed by atoms with Crippen molar-refractivity contribution in [3.8, 4) is 0 Å². The lowest BCUT2D eigenvalue weighted by molar-refractivity contribution is 0.0748. The van der Waals surface area contributed by atoms with E-state index >= 15 is 0 Å². The monoisotopic (exact) mass is 313 g/mol. The summed E-state index contributed by atoms with van der Waals surface area (Å²) >= 11 is 0. The summed E-state index contributed by atoms with van der Waals surface area (Å²) in [6.07, 6.45) is 18.6. The van der Waals surface area contributed by atoms with E-state index in [-0.39, 0.29) is 0 Å². The van der Waals surface area contributed by atoms with Crippen LogP contribution in [-0.4, -0.2) is 4.98 Å². The van der Waals surface area contributed by atoms with E-state index in [1.165, 1.54) is 74.6 Å². The summed E-state index contributed by atoms with van der Waals surface area (Å²) < 4.78 is 0. The fourth-order valence-electron chi connectivity index (χ4n) is 4.80. The number of hydrogen-bond donors (Lipinski definition) is 1. The van der Waals surface area contributed by atoms with Crippen molar-refractivity contribution in [2.75, 3.05) is 0 Å². The molecule has 1 aromatic rings. The first-order valence-electron chi connectivity index (χ1n) is 9.62. The van der Waals surface area contributed by atoms with Crippen LogP contribution in [0.15, 0.2) is 31.0 Å². The van der Waals surface area contributed by atoms with Gasteiger partial charge in [-0.1, -0.05) is 58.3 Å². The fourth-order valence-corrected chi connectivity index (χ4v) is 4.80. The van der Waals surface area contributed by atoms with Crippen LogP contribution in [0.4, 0.5) is 0 Å². The van der Waals surface area contributed by atoms with Crippen molar-refractivity contribution in [3.63, 3.8) is 0 Å². The minimum absolute atomic E-state index is 0.630. The number of H-pyrrole nitrogens is 1. The van der Waals surface area contributed by atoms with Gasteiger partial charge in [-0.15, -0.1) is 0 Å². The maximum atomic E-state index is 3.90. The number of allylic oxidation sites excluding steroid dienone is 3. The van der Waals surface area contributed by atoms with E-state index in [0.717, 1.165) is 5.92 Å². The molecule has 23 heavy (non-hydrogen) atoms. The van der Waals surface area contributed by atoms with E-state index in [4.69, 9.17) is 0 Å². The topological polar surface area (TPSA) is 15.8 Å². The Morgan fingerprint density at radius 1 is 1.35 bits per heavy atom. The molecule has 0 bridgehead atoms. The van der Waals surface area contributed by atoms with Gasteiger partial charge < -0.3 is 4.98 Å². The third kappa shape index (κ3) is 4.19. The van der Waals surface area contributed by atoms with Crippen LogP contribution in [0.3, 0.4) is 0 Å². The Kier molecular flexibility index (Phi) is 6.74. The Bertz CT molecular complexity index is 516. The molecule has 0 radical (unpaired) electrons. The molecule has 1 aliphatic rings. The predicted octanol–water partition coefficient (Wildman–Crippen LogP) is 7.06. The summed E-state index contributed by atoms with van der Waals surface area (Å²) in [6.45, 7) is 10.9. The van der Waals surface area contributed by atoms with Gasteiger partial charge in [-0.3, -0.25) is 0 Å². The van der Waals surface area contributed by atoms with Crippen LogP contribution in [0.25, 0.3) is 5.57 Å². The molecule has 0 amide bonds. The van der Waals surface area contributed by atoms with E-state index < -0.39 is 0 Å². The second-order valence-electron chi connectivity index (χ2n) is 7.35. The van der Waals surface area contributed by atoms with Gasteiger partial charge in [0.05, 0.1) is 0 Å². The number of aromatic nitrogens is 1. The van der Waals surface area contributed by atoms with Crippen LogP contribution in [-0.2, 0) is 0 Å². The summed E-state index contributed by atoms with van der Waals surface area (Å²) in [5, 5.41) is 0. The molecule has 2 rings (SSSR count). The molecule has 1 atom stereocenters. The Balaban J connectivity index is 1.98. The molecule has 1 saturated carbocycles. The molecular formula is C22H35N. The SMILES string of the molecule is C=C/C=C(/CCCC1CCCCC1(CC)CC)c1cc[nH]c1C. The van der Waals surface area contributed by atoms with Gasteiger partial charge in [0.25, 0.3) is 0 Å². The van der Waals surface area contributed by atoms with Gasteiger partial charge in [-0.05, 0) is 67.6 Å². The molecule has 1 fully saturated rings. The molecule has 1 unspecified atom stereocenters. The Morgan fingerprint density at radius 2 is 2.13 bits per heavy atom.